The topological polar surface area (TPSA) is 75.4 Å². The molecule has 1 fully saturated rings. The maximum atomic E-state index is 13.2. The lowest BCUT2D eigenvalue weighted by atomic mass is 9.90. The fourth-order valence-corrected chi connectivity index (χ4v) is 4.18. The number of carbonyl (C=O) groups excluding carboxylic acids is 2. The quantitative estimate of drug-likeness (QED) is 0.752. The zero-order valence-electron chi connectivity index (χ0n) is 16.0. The van der Waals surface area contributed by atoms with E-state index in [0.717, 1.165) is 18.4 Å². The first-order valence-electron chi connectivity index (χ1n) is 9.47. The number of nitrogens with zero attached hydrogens (tertiary/aromatic N) is 1. The minimum atomic E-state index is -0.561. The van der Waals surface area contributed by atoms with E-state index in [9.17, 15) is 9.59 Å². The van der Waals surface area contributed by atoms with Gasteiger partial charge in [0.15, 0.2) is 0 Å². The van der Waals surface area contributed by atoms with Gasteiger partial charge >= 0.3 is 0 Å². The van der Waals surface area contributed by atoms with Gasteiger partial charge in [-0.3, -0.25) is 9.59 Å². The van der Waals surface area contributed by atoms with E-state index in [1.807, 2.05) is 53.6 Å². The Labute approximate surface area is 176 Å². The average molecular weight is 422 g/mol. The fourth-order valence-electron chi connectivity index (χ4n) is 3.55. The van der Waals surface area contributed by atoms with Crippen molar-refractivity contribution in [1.82, 2.24) is 10.2 Å². The molecule has 2 aromatic rings. The van der Waals surface area contributed by atoms with Crippen LogP contribution in [0.4, 0.5) is 0 Å². The molecule has 1 aliphatic heterocycles. The van der Waals surface area contributed by atoms with Crippen molar-refractivity contribution in [3.05, 3.63) is 58.3 Å². The zero-order chi connectivity index (χ0) is 19.2. The van der Waals surface area contributed by atoms with Crippen molar-refractivity contribution in [1.29, 1.82) is 0 Å². The van der Waals surface area contributed by atoms with E-state index in [-0.39, 0.29) is 30.3 Å². The van der Waals surface area contributed by atoms with Gasteiger partial charge in [-0.25, -0.2) is 0 Å². The third-order valence-electron chi connectivity index (χ3n) is 5.23. The summed E-state index contributed by atoms with van der Waals surface area (Å²) in [4.78, 5) is 28.2. The third kappa shape index (κ3) is 5.80. The van der Waals surface area contributed by atoms with E-state index in [2.05, 4.69) is 5.32 Å². The van der Waals surface area contributed by atoms with Crippen LogP contribution in [0.15, 0.2) is 47.8 Å². The van der Waals surface area contributed by atoms with Crippen LogP contribution in [0.2, 0.25) is 0 Å². The lowest BCUT2D eigenvalue weighted by Crippen LogP contribution is -2.52. The van der Waals surface area contributed by atoms with Crippen molar-refractivity contribution >= 4 is 35.6 Å². The van der Waals surface area contributed by atoms with Crippen molar-refractivity contribution in [2.75, 3.05) is 13.1 Å². The molecule has 5 nitrogen and oxygen atoms in total. The molecule has 2 heterocycles. The van der Waals surface area contributed by atoms with Crippen LogP contribution in [-0.4, -0.2) is 41.9 Å². The molecular formula is C21H28ClN3O2S. The van der Waals surface area contributed by atoms with E-state index in [4.69, 9.17) is 5.73 Å². The van der Waals surface area contributed by atoms with Crippen molar-refractivity contribution in [3.8, 4) is 0 Å². The Hall–Kier alpha value is -1.89. The molecule has 2 atom stereocenters. The van der Waals surface area contributed by atoms with E-state index < -0.39 is 6.04 Å². The Balaban J connectivity index is 0.00000280. The van der Waals surface area contributed by atoms with Crippen molar-refractivity contribution in [3.63, 3.8) is 0 Å². The number of hydrogen-bond donors (Lipinski definition) is 2. The number of halogens is 1. The maximum absolute atomic E-state index is 13.2. The predicted molar refractivity (Wildman–Crippen MR) is 116 cm³/mol. The number of piperidine rings is 1. The molecule has 0 bridgehead atoms. The monoisotopic (exact) mass is 421 g/mol. The molecule has 1 saturated heterocycles. The lowest BCUT2D eigenvalue weighted by molar-refractivity contribution is -0.134. The summed E-state index contributed by atoms with van der Waals surface area (Å²) in [5, 5.41) is 4.82. The summed E-state index contributed by atoms with van der Waals surface area (Å²) in [7, 11) is 0. The SMILES string of the molecule is CC(N)C1CCN(C(=O)C(Cc2ccccc2)NC(=O)c2cccs2)CC1.Cl. The van der Waals surface area contributed by atoms with Gasteiger partial charge in [-0.2, -0.15) is 0 Å². The summed E-state index contributed by atoms with van der Waals surface area (Å²) < 4.78 is 0. The molecule has 3 N–H and O–H groups in total. The Kier molecular flexibility index (Phi) is 8.48. The highest BCUT2D eigenvalue weighted by Gasteiger charge is 2.30. The Morgan fingerprint density at radius 1 is 1.18 bits per heavy atom. The van der Waals surface area contributed by atoms with Crippen molar-refractivity contribution < 1.29 is 9.59 Å². The van der Waals surface area contributed by atoms with E-state index in [1.54, 1.807) is 6.07 Å². The first-order chi connectivity index (χ1) is 13.0. The molecule has 1 aromatic carbocycles. The van der Waals surface area contributed by atoms with Crippen LogP contribution >= 0.6 is 23.7 Å². The first kappa shape index (κ1) is 22.4. The molecule has 0 spiro atoms. The highest BCUT2D eigenvalue weighted by molar-refractivity contribution is 7.12. The number of hydrogen-bond acceptors (Lipinski definition) is 4. The molecule has 0 saturated carbocycles. The second kappa shape index (κ2) is 10.6. The number of rotatable bonds is 6. The standard InChI is InChI=1S/C21H27N3O2S.ClH/c1-15(22)17-9-11-24(12-10-17)21(26)18(14-16-6-3-2-4-7-16)23-20(25)19-8-5-13-27-19;/h2-8,13,15,17-18H,9-12,14,22H2,1H3,(H,23,25);1H. The first-order valence-corrected chi connectivity index (χ1v) is 10.3. The van der Waals surface area contributed by atoms with Gasteiger partial charge in [0.1, 0.15) is 6.04 Å². The van der Waals surface area contributed by atoms with Crippen molar-refractivity contribution in [2.45, 2.75) is 38.3 Å². The summed E-state index contributed by atoms with van der Waals surface area (Å²) in [6.45, 7) is 3.43. The molecule has 28 heavy (non-hydrogen) atoms. The number of benzene rings is 1. The van der Waals surface area contributed by atoms with Gasteiger partial charge in [-0.1, -0.05) is 36.4 Å². The number of thiophene rings is 1. The molecule has 1 aromatic heterocycles. The van der Waals surface area contributed by atoms with Gasteiger partial charge in [0.05, 0.1) is 4.88 Å². The van der Waals surface area contributed by atoms with Gasteiger partial charge in [0, 0.05) is 25.6 Å². The second-order valence-corrected chi connectivity index (χ2v) is 8.16. The molecule has 0 radical (unpaired) electrons. The van der Waals surface area contributed by atoms with E-state index in [0.29, 0.717) is 30.3 Å². The van der Waals surface area contributed by atoms with Gasteiger partial charge in [-0.15, -0.1) is 23.7 Å². The Bertz CT molecular complexity index is 744. The smallest absolute Gasteiger partial charge is 0.262 e. The molecule has 1 aliphatic rings. The van der Waals surface area contributed by atoms with Crippen LogP contribution < -0.4 is 11.1 Å². The molecular weight excluding hydrogens is 394 g/mol. The van der Waals surface area contributed by atoms with Crippen LogP contribution in [0, 0.1) is 5.92 Å². The Morgan fingerprint density at radius 3 is 2.43 bits per heavy atom. The van der Waals surface area contributed by atoms with E-state index in [1.165, 1.54) is 11.3 Å². The Morgan fingerprint density at radius 2 is 1.86 bits per heavy atom. The fraction of sp³-hybridized carbons (Fsp3) is 0.429. The van der Waals surface area contributed by atoms with Crippen LogP contribution in [0.3, 0.4) is 0 Å². The number of amides is 2. The van der Waals surface area contributed by atoms with Gasteiger partial charge in [0.25, 0.3) is 5.91 Å². The van der Waals surface area contributed by atoms with Crippen LogP contribution in [0.25, 0.3) is 0 Å². The van der Waals surface area contributed by atoms with Crippen LogP contribution in [-0.2, 0) is 11.2 Å². The zero-order valence-corrected chi connectivity index (χ0v) is 17.7. The van der Waals surface area contributed by atoms with Crippen molar-refractivity contribution in [2.24, 2.45) is 11.7 Å². The molecule has 7 heteroatoms. The predicted octanol–water partition coefficient (Wildman–Crippen LogP) is 3.10. The molecule has 2 amide bonds. The molecule has 0 aliphatic carbocycles. The molecule has 3 rings (SSSR count). The number of nitrogens with two attached hydrogens (primary N) is 1. The average Bonchev–Trinajstić information content (AvgIpc) is 3.23. The van der Waals surface area contributed by atoms with Crippen LogP contribution in [0.5, 0.6) is 0 Å². The number of likely N-dealkylation sites (tertiary alicyclic amines) is 1. The maximum Gasteiger partial charge on any atom is 0.262 e. The minimum Gasteiger partial charge on any atom is -0.341 e. The highest BCUT2D eigenvalue weighted by atomic mass is 35.5. The minimum absolute atomic E-state index is 0. The lowest BCUT2D eigenvalue weighted by Gasteiger charge is -2.35. The summed E-state index contributed by atoms with van der Waals surface area (Å²) in [5.41, 5.74) is 7.05. The third-order valence-corrected chi connectivity index (χ3v) is 6.09. The van der Waals surface area contributed by atoms with Gasteiger partial charge in [0.2, 0.25) is 5.91 Å². The van der Waals surface area contributed by atoms with Gasteiger partial charge < -0.3 is 16.0 Å². The van der Waals surface area contributed by atoms with Crippen LogP contribution in [0.1, 0.15) is 35.0 Å². The molecule has 152 valence electrons. The summed E-state index contributed by atoms with van der Waals surface area (Å²) in [5.74, 6) is 0.263. The molecule has 2 unspecified atom stereocenters. The normalized spacial score (nSPS) is 16.7. The van der Waals surface area contributed by atoms with Gasteiger partial charge in [-0.05, 0) is 42.7 Å². The summed E-state index contributed by atoms with van der Waals surface area (Å²) >= 11 is 1.38. The summed E-state index contributed by atoms with van der Waals surface area (Å²) in [6.07, 6.45) is 2.32. The summed E-state index contributed by atoms with van der Waals surface area (Å²) in [6, 6.07) is 13.0. The number of nitrogens with one attached hydrogen (secondary N) is 1. The second-order valence-electron chi connectivity index (χ2n) is 7.21. The highest BCUT2D eigenvalue weighted by Crippen LogP contribution is 2.21. The largest absolute Gasteiger partial charge is 0.341 e. The number of carbonyl (C=O) groups is 2. The van der Waals surface area contributed by atoms with E-state index >= 15 is 0 Å².